The largest absolute Gasteiger partial charge is 0.598 e. The zero-order valence-corrected chi connectivity index (χ0v) is 16.3. The molecule has 1 aromatic carbocycles. The van der Waals surface area contributed by atoms with Gasteiger partial charge in [0.05, 0.1) is 6.04 Å². The minimum atomic E-state index is -1.31. The third-order valence-electron chi connectivity index (χ3n) is 4.18. The van der Waals surface area contributed by atoms with Crippen molar-refractivity contribution < 1.29 is 28.3 Å². The molecule has 2 rings (SSSR count). The van der Waals surface area contributed by atoms with Gasteiger partial charge in [0, 0.05) is 23.3 Å². The normalized spacial score (nSPS) is 22.7. The number of benzene rings is 1. The van der Waals surface area contributed by atoms with Crippen molar-refractivity contribution >= 4 is 17.5 Å². The van der Waals surface area contributed by atoms with E-state index in [9.17, 15) is 13.7 Å². The molecule has 1 unspecified atom stereocenters. The molecule has 0 spiro atoms. The second kappa shape index (κ2) is 8.45. The number of rotatable bonds is 6. The maximum atomic E-state index is 13.8. The maximum absolute atomic E-state index is 13.8. The third-order valence-corrected chi connectivity index (χ3v) is 5.86. The van der Waals surface area contributed by atoms with E-state index in [1.807, 2.05) is 20.8 Å². The molecular weight excluding hydrogens is 361 g/mol. The molecule has 0 bridgehead atoms. The van der Waals surface area contributed by atoms with E-state index in [0.717, 1.165) is 0 Å². The molecule has 1 aliphatic carbocycles. The van der Waals surface area contributed by atoms with Gasteiger partial charge >= 0.3 is 6.16 Å². The quantitative estimate of drug-likeness (QED) is 0.568. The summed E-state index contributed by atoms with van der Waals surface area (Å²) >= 11 is -1.31. The van der Waals surface area contributed by atoms with Crippen molar-refractivity contribution in [3.05, 3.63) is 29.6 Å². The highest BCUT2D eigenvalue weighted by molar-refractivity contribution is 7.90. The van der Waals surface area contributed by atoms with Crippen LogP contribution in [0.5, 0.6) is 5.75 Å². The molecule has 0 saturated heterocycles. The Morgan fingerprint density at radius 1 is 1.38 bits per heavy atom. The maximum Gasteiger partial charge on any atom is 0.506 e. The minimum absolute atomic E-state index is 0.205. The molecule has 1 fully saturated rings. The van der Waals surface area contributed by atoms with E-state index >= 15 is 0 Å². The summed E-state index contributed by atoms with van der Waals surface area (Å²) in [5.41, 5.74) is 0.574. The van der Waals surface area contributed by atoms with Gasteiger partial charge in [-0.1, -0.05) is 0 Å². The molecule has 1 aliphatic rings. The first-order valence-electron chi connectivity index (χ1n) is 8.60. The molecule has 26 heavy (non-hydrogen) atoms. The van der Waals surface area contributed by atoms with Crippen molar-refractivity contribution in [3.8, 4) is 5.75 Å². The number of nitrogens with one attached hydrogen (secondary N) is 1. The molecule has 0 aromatic heterocycles. The number of carbonyl (C=O) groups is 1. The van der Waals surface area contributed by atoms with Crippen molar-refractivity contribution in [1.29, 1.82) is 0 Å². The number of ether oxygens (including phenoxy) is 2. The molecule has 6 nitrogen and oxygen atoms in total. The molecule has 146 valence electrons. The lowest BCUT2D eigenvalue weighted by Gasteiger charge is -2.27. The second-order valence-corrected chi connectivity index (χ2v) is 9.46. The Morgan fingerprint density at radius 3 is 2.65 bits per heavy atom. The van der Waals surface area contributed by atoms with Gasteiger partial charge < -0.3 is 19.1 Å². The Labute approximate surface area is 156 Å². The molecule has 1 aromatic rings. The average Bonchev–Trinajstić information content (AvgIpc) is 2.94. The van der Waals surface area contributed by atoms with Crippen LogP contribution in [0.2, 0.25) is 0 Å². The van der Waals surface area contributed by atoms with Crippen molar-refractivity contribution in [3.63, 3.8) is 0 Å². The third kappa shape index (κ3) is 5.75. The lowest BCUT2D eigenvalue weighted by molar-refractivity contribution is 0.0497. The topological polar surface area (TPSA) is 90.9 Å². The van der Waals surface area contributed by atoms with Gasteiger partial charge in [-0.05, 0) is 58.7 Å². The van der Waals surface area contributed by atoms with Crippen LogP contribution in [0.15, 0.2) is 18.2 Å². The van der Waals surface area contributed by atoms with Crippen molar-refractivity contribution in [2.45, 2.75) is 70.0 Å². The lowest BCUT2D eigenvalue weighted by Crippen LogP contribution is -2.40. The first kappa shape index (κ1) is 20.8. The van der Waals surface area contributed by atoms with Gasteiger partial charge in [0.15, 0.2) is 0 Å². The molecular formula is C18H26FNO5S. The van der Waals surface area contributed by atoms with Crippen LogP contribution in [0.25, 0.3) is 0 Å². The van der Waals surface area contributed by atoms with Gasteiger partial charge in [-0.3, -0.25) is 0 Å². The second-order valence-electron chi connectivity index (χ2n) is 7.46. The summed E-state index contributed by atoms with van der Waals surface area (Å²) < 4.78 is 39.4. The summed E-state index contributed by atoms with van der Waals surface area (Å²) in [6.45, 7) is 7.36. The van der Waals surface area contributed by atoms with Crippen molar-refractivity contribution in [2.24, 2.45) is 0 Å². The van der Waals surface area contributed by atoms with Gasteiger partial charge in [-0.2, -0.15) is 0 Å². The highest BCUT2D eigenvalue weighted by Gasteiger charge is 2.32. The molecule has 2 N–H and O–H groups in total. The van der Waals surface area contributed by atoms with E-state index in [-0.39, 0.29) is 18.2 Å². The Bertz CT molecular complexity index is 636. The first-order chi connectivity index (χ1) is 12.1. The monoisotopic (exact) mass is 387 g/mol. The van der Waals surface area contributed by atoms with E-state index in [1.165, 1.54) is 12.1 Å². The van der Waals surface area contributed by atoms with Crippen LogP contribution in [-0.2, 0) is 16.1 Å². The number of carboxylic acid groups (broad SMARTS) is 1. The molecule has 1 saturated carbocycles. The van der Waals surface area contributed by atoms with Crippen LogP contribution in [0.3, 0.4) is 0 Å². The highest BCUT2D eigenvalue weighted by Crippen LogP contribution is 2.32. The molecule has 0 heterocycles. The summed E-state index contributed by atoms with van der Waals surface area (Å²) in [4.78, 5) is 10.6. The number of hydrogen-bond acceptors (Lipinski definition) is 5. The van der Waals surface area contributed by atoms with E-state index < -0.39 is 28.1 Å². The van der Waals surface area contributed by atoms with Crippen molar-refractivity contribution in [1.82, 2.24) is 4.72 Å². The van der Waals surface area contributed by atoms with E-state index in [1.54, 1.807) is 13.0 Å². The Morgan fingerprint density at radius 2 is 2.04 bits per heavy atom. The standard InChI is InChI=1S/C18H26FNO5S/c1-11(20-26(23)18(2,3)4)15-9-12(19)5-8-16(15)24-13-6-7-14(10-13)25-17(21)22/h5,8-9,11,13-14,20H,6-7,10H2,1-4H3,(H,21,22)/t11?,13-,14+,26+/m0/s1. The Hall–Kier alpha value is -1.51. The molecule has 0 amide bonds. The average molecular weight is 387 g/mol. The van der Waals surface area contributed by atoms with Gasteiger partial charge in [-0.25, -0.2) is 9.18 Å². The van der Waals surface area contributed by atoms with Crippen LogP contribution < -0.4 is 9.46 Å². The lowest BCUT2D eigenvalue weighted by atomic mass is 10.1. The summed E-state index contributed by atoms with van der Waals surface area (Å²) in [7, 11) is 0. The zero-order chi connectivity index (χ0) is 19.5. The van der Waals surface area contributed by atoms with Crippen LogP contribution in [0, 0.1) is 5.82 Å². The van der Waals surface area contributed by atoms with Crippen LogP contribution in [-0.4, -0.2) is 32.8 Å². The highest BCUT2D eigenvalue weighted by atomic mass is 32.2. The van der Waals surface area contributed by atoms with Gasteiger partial charge in [0.25, 0.3) is 0 Å². The smallest absolute Gasteiger partial charge is 0.506 e. The van der Waals surface area contributed by atoms with E-state index in [2.05, 4.69) is 4.72 Å². The Kier molecular flexibility index (Phi) is 6.76. The van der Waals surface area contributed by atoms with Gasteiger partial charge in [0.2, 0.25) is 0 Å². The number of halogens is 1. The van der Waals surface area contributed by atoms with E-state index in [0.29, 0.717) is 30.6 Å². The first-order valence-corrected chi connectivity index (χ1v) is 9.75. The minimum Gasteiger partial charge on any atom is -0.598 e. The van der Waals surface area contributed by atoms with Crippen LogP contribution in [0.1, 0.15) is 58.6 Å². The summed E-state index contributed by atoms with van der Waals surface area (Å²) in [6, 6.07) is 3.85. The fourth-order valence-corrected chi connectivity index (χ4v) is 3.60. The summed E-state index contributed by atoms with van der Waals surface area (Å²) in [5, 5.41) is 8.71. The fraction of sp³-hybridized carbons (Fsp3) is 0.611. The molecule has 0 aliphatic heterocycles. The van der Waals surface area contributed by atoms with E-state index in [4.69, 9.17) is 14.6 Å². The molecule has 4 atom stereocenters. The molecule has 0 radical (unpaired) electrons. The predicted octanol–water partition coefficient (Wildman–Crippen LogP) is 3.93. The zero-order valence-electron chi connectivity index (χ0n) is 15.5. The predicted molar refractivity (Wildman–Crippen MR) is 97.0 cm³/mol. The van der Waals surface area contributed by atoms with Gasteiger partial charge in [-0.15, -0.1) is 4.72 Å². The van der Waals surface area contributed by atoms with Crippen LogP contribution in [0.4, 0.5) is 9.18 Å². The molecule has 8 heteroatoms. The fourth-order valence-electron chi connectivity index (χ4n) is 2.80. The SMILES string of the molecule is CC(N[S@+]([O-])C(C)(C)C)c1cc(F)ccc1O[C@H]1CC[C@@H](OC(=O)O)C1. The summed E-state index contributed by atoms with van der Waals surface area (Å²) in [6.07, 6.45) is -0.173. The number of hydrogen-bond donors (Lipinski definition) is 2. The van der Waals surface area contributed by atoms with Gasteiger partial charge in [0.1, 0.15) is 28.5 Å². The summed E-state index contributed by atoms with van der Waals surface area (Å²) in [5.74, 6) is 0.0966. The Balaban J connectivity index is 2.09. The van der Waals surface area contributed by atoms with Crippen molar-refractivity contribution in [2.75, 3.05) is 0 Å². The van der Waals surface area contributed by atoms with Crippen LogP contribution >= 0.6 is 0 Å².